The third-order valence-electron chi connectivity index (χ3n) is 5.34. The van der Waals surface area contributed by atoms with Crippen molar-refractivity contribution in [3.8, 4) is 5.75 Å². The first kappa shape index (κ1) is 23.1. The fourth-order valence-electron chi connectivity index (χ4n) is 3.66. The van der Waals surface area contributed by atoms with Gasteiger partial charge in [0.1, 0.15) is 11.8 Å². The van der Waals surface area contributed by atoms with Crippen LogP contribution in [-0.2, 0) is 14.4 Å². The number of amides is 3. The van der Waals surface area contributed by atoms with Crippen LogP contribution in [0.2, 0.25) is 5.02 Å². The molecule has 0 spiro atoms. The van der Waals surface area contributed by atoms with E-state index in [4.69, 9.17) is 16.3 Å². The number of anilines is 3. The average molecular weight is 476 g/mol. The number of benzene rings is 3. The highest BCUT2D eigenvalue weighted by Crippen LogP contribution is 2.33. The summed E-state index contributed by atoms with van der Waals surface area (Å²) in [5.74, 6) is -0.631. The molecule has 0 bridgehead atoms. The van der Waals surface area contributed by atoms with Gasteiger partial charge in [-0.2, -0.15) is 0 Å². The largest absolute Gasteiger partial charge is 0.497 e. The van der Waals surface area contributed by atoms with Gasteiger partial charge in [-0.3, -0.25) is 19.3 Å². The summed E-state index contributed by atoms with van der Waals surface area (Å²) in [5.41, 5.74) is 2.23. The van der Waals surface area contributed by atoms with Gasteiger partial charge in [-0.25, -0.2) is 0 Å². The Labute approximate surface area is 202 Å². The number of fused-ring (bicyclic) bond motifs is 1. The highest BCUT2D eigenvalue weighted by molar-refractivity contribution is 6.32. The minimum absolute atomic E-state index is 0.224. The smallest absolute Gasteiger partial charge is 0.251 e. The summed E-state index contributed by atoms with van der Waals surface area (Å²) in [6.07, 6.45) is 2.72. The molecule has 172 valence electrons. The van der Waals surface area contributed by atoms with Crippen molar-refractivity contribution < 1.29 is 19.1 Å². The highest BCUT2D eigenvalue weighted by atomic mass is 35.5. The van der Waals surface area contributed by atoms with Gasteiger partial charge in [-0.1, -0.05) is 41.9 Å². The quantitative estimate of drug-likeness (QED) is 0.504. The number of halogens is 1. The van der Waals surface area contributed by atoms with Crippen molar-refractivity contribution in [3.05, 3.63) is 89.5 Å². The first-order valence-electron chi connectivity index (χ1n) is 10.6. The molecule has 7 nitrogen and oxygen atoms in total. The van der Waals surface area contributed by atoms with Crippen molar-refractivity contribution in [1.82, 2.24) is 0 Å². The van der Waals surface area contributed by atoms with Gasteiger partial charge in [0.15, 0.2) is 0 Å². The van der Waals surface area contributed by atoms with Crippen LogP contribution in [0.25, 0.3) is 6.08 Å². The minimum atomic E-state index is -1.03. The summed E-state index contributed by atoms with van der Waals surface area (Å²) >= 11 is 6.19. The second-order valence-electron chi connectivity index (χ2n) is 7.57. The molecule has 8 heteroatoms. The van der Waals surface area contributed by atoms with E-state index in [-0.39, 0.29) is 6.42 Å². The number of nitrogens with zero attached hydrogens (tertiary/aromatic N) is 1. The van der Waals surface area contributed by atoms with E-state index >= 15 is 0 Å². The molecule has 1 atom stereocenters. The summed E-state index contributed by atoms with van der Waals surface area (Å²) in [6, 6.07) is 19.9. The molecule has 0 aromatic heterocycles. The molecule has 0 saturated carbocycles. The van der Waals surface area contributed by atoms with Gasteiger partial charge >= 0.3 is 0 Å². The number of carbonyl (C=O) groups is 3. The molecule has 1 aliphatic heterocycles. The predicted octanol–water partition coefficient (Wildman–Crippen LogP) is 4.74. The van der Waals surface area contributed by atoms with Crippen LogP contribution in [0.5, 0.6) is 5.75 Å². The fourth-order valence-corrected chi connectivity index (χ4v) is 3.86. The molecule has 0 unspecified atom stereocenters. The first-order chi connectivity index (χ1) is 16.5. The standard InChI is InChI=1S/C26H22ClN3O4/c1-34-19-13-11-18(12-14-19)28-24(31)16-23-26(33)29-21-8-4-5-9-22(21)30(23)25(32)15-10-17-6-2-3-7-20(17)27/h2-15,23H,16H2,1H3,(H,28,31)(H,29,33)/b15-10+/t23-/m0/s1. The monoisotopic (exact) mass is 475 g/mol. The Kier molecular flexibility index (Phi) is 6.94. The second kappa shape index (κ2) is 10.2. The molecule has 3 amide bonds. The van der Waals surface area contributed by atoms with Gasteiger partial charge in [0.05, 0.1) is 24.9 Å². The minimum Gasteiger partial charge on any atom is -0.497 e. The van der Waals surface area contributed by atoms with E-state index in [1.807, 2.05) is 6.07 Å². The lowest BCUT2D eigenvalue weighted by Crippen LogP contribution is -2.52. The van der Waals surface area contributed by atoms with Crippen molar-refractivity contribution >= 4 is 52.5 Å². The van der Waals surface area contributed by atoms with Crippen LogP contribution in [0.15, 0.2) is 78.9 Å². The Morgan fingerprint density at radius 2 is 1.76 bits per heavy atom. The molecule has 0 aliphatic carbocycles. The van der Waals surface area contributed by atoms with Crippen LogP contribution in [0, 0.1) is 0 Å². The SMILES string of the molecule is COc1ccc(NC(=O)C[C@H]2C(=O)Nc3ccccc3N2C(=O)/C=C/c2ccccc2Cl)cc1. The maximum atomic E-state index is 13.3. The molecular formula is C26H22ClN3O4. The van der Waals surface area contributed by atoms with Crippen LogP contribution < -0.4 is 20.3 Å². The fraction of sp³-hybridized carbons (Fsp3) is 0.115. The molecule has 3 aromatic carbocycles. The number of ether oxygens (including phenoxy) is 1. The summed E-state index contributed by atoms with van der Waals surface area (Å²) in [4.78, 5) is 40.3. The zero-order valence-corrected chi connectivity index (χ0v) is 19.1. The Morgan fingerprint density at radius 3 is 2.50 bits per heavy atom. The maximum Gasteiger partial charge on any atom is 0.251 e. The summed E-state index contributed by atoms with van der Waals surface area (Å²) in [6.45, 7) is 0. The number of nitrogens with one attached hydrogen (secondary N) is 2. The van der Waals surface area contributed by atoms with Gasteiger partial charge < -0.3 is 15.4 Å². The Hall–Kier alpha value is -4.10. The molecule has 0 radical (unpaired) electrons. The molecule has 1 aliphatic rings. The van der Waals surface area contributed by atoms with Gasteiger partial charge in [0.25, 0.3) is 5.91 Å². The molecule has 0 saturated heterocycles. The molecule has 3 aromatic rings. The van der Waals surface area contributed by atoms with Gasteiger partial charge in [0.2, 0.25) is 11.8 Å². The molecular weight excluding hydrogens is 454 g/mol. The summed E-state index contributed by atoms with van der Waals surface area (Å²) < 4.78 is 5.12. The Bertz CT molecular complexity index is 1260. The molecule has 4 rings (SSSR count). The summed E-state index contributed by atoms with van der Waals surface area (Å²) in [5, 5.41) is 6.05. The van der Waals surface area contributed by atoms with E-state index in [1.165, 1.54) is 11.0 Å². The van der Waals surface area contributed by atoms with Crippen LogP contribution in [0.1, 0.15) is 12.0 Å². The molecule has 1 heterocycles. The van der Waals surface area contributed by atoms with E-state index in [9.17, 15) is 14.4 Å². The number of methoxy groups -OCH3 is 1. The number of carbonyl (C=O) groups excluding carboxylic acids is 3. The zero-order valence-electron chi connectivity index (χ0n) is 18.3. The number of hydrogen-bond acceptors (Lipinski definition) is 4. The topological polar surface area (TPSA) is 87.7 Å². The lowest BCUT2D eigenvalue weighted by atomic mass is 10.0. The van der Waals surface area contributed by atoms with Crippen molar-refractivity contribution in [2.45, 2.75) is 12.5 Å². The van der Waals surface area contributed by atoms with Crippen LogP contribution in [0.3, 0.4) is 0 Å². The van der Waals surface area contributed by atoms with Gasteiger partial charge in [0, 0.05) is 16.8 Å². The summed E-state index contributed by atoms with van der Waals surface area (Å²) in [7, 11) is 1.55. The Morgan fingerprint density at radius 1 is 1.06 bits per heavy atom. The second-order valence-corrected chi connectivity index (χ2v) is 7.97. The van der Waals surface area contributed by atoms with E-state index in [0.29, 0.717) is 33.4 Å². The van der Waals surface area contributed by atoms with Crippen molar-refractivity contribution in [1.29, 1.82) is 0 Å². The number of para-hydroxylation sites is 2. The maximum absolute atomic E-state index is 13.3. The van der Waals surface area contributed by atoms with Crippen molar-refractivity contribution in [2.75, 3.05) is 22.6 Å². The van der Waals surface area contributed by atoms with Crippen LogP contribution in [0.4, 0.5) is 17.1 Å². The van der Waals surface area contributed by atoms with Gasteiger partial charge in [-0.05, 0) is 54.1 Å². The molecule has 0 fully saturated rings. The van der Waals surface area contributed by atoms with Crippen LogP contribution >= 0.6 is 11.6 Å². The van der Waals surface area contributed by atoms with Crippen molar-refractivity contribution in [3.63, 3.8) is 0 Å². The third kappa shape index (κ3) is 5.10. The number of rotatable bonds is 6. The first-order valence-corrected chi connectivity index (χ1v) is 10.9. The van der Waals surface area contributed by atoms with E-state index in [0.717, 1.165) is 0 Å². The molecule has 2 N–H and O–H groups in total. The van der Waals surface area contributed by atoms with Gasteiger partial charge in [-0.15, -0.1) is 0 Å². The predicted molar refractivity (Wildman–Crippen MR) is 133 cm³/mol. The Balaban J connectivity index is 1.58. The van der Waals surface area contributed by atoms with Crippen molar-refractivity contribution in [2.24, 2.45) is 0 Å². The van der Waals surface area contributed by atoms with E-state index < -0.39 is 23.8 Å². The zero-order chi connectivity index (χ0) is 24.1. The van der Waals surface area contributed by atoms with Crippen LogP contribution in [-0.4, -0.2) is 30.9 Å². The highest BCUT2D eigenvalue weighted by Gasteiger charge is 2.37. The average Bonchev–Trinajstić information content (AvgIpc) is 2.84. The third-order valence-corrected chi connectivity index (χ3v) is 5.68. The van der Waals surface area contributed by atoms with E-state index in [2.05, 4.69) is 10.6 Å². The number of hydrogen-bond donors (Lipinski definition) is 2. The van der Waals surface area contributed by atoms with E-state index in [1.54, 1.807) is 79.9 Å². The normalized spacial score (nSPS) is 14.9. The lowest BCUT2D eigenvalue weighted by Gasteiger charge is -2.35. The lowest BCUT2D eigenvalue weighted by molar-refractivity contribution is -0.124. The molecule has 34 heavy (non-hydrogen) atoms.